The van der Waals surface area contributed by atoms with E-state index < -0.39 is 0 Å². The SMILES string of the molecule is COc1cccc(NCc2c(C)nn(Cc3ccc(F)cc3)c2Cl)c1. The lowest BCUT2D eigenvalue weighted by atomic mass is 10.2. The van der Waals surface area contributed by atoms with E-state index in [0.717, 1.165) is 28.3 Å². The van der Waals surface area contributed by atoms with E-state index in [2.05, 4.69) is 10.4 Å². The number of methoxy groups -OCH3 is 1. The third kappa shape index (κ3) is 4.12. The van der Waals surface area contributed by atoms with Gasteiger partial charge in [0.05, 0.1) is 19.3 Å². The van der Waals surface area contributed by atoms with E-state index in [1.165, 1.54) is 12.1 Å². The predicted molar refractivity (Wildman–Crippen MR) is 97.8 cm³/mol. The Morgan fingerprint density at radius 3 is 2.68 bits per heavy atom. The summed E-state index contributed by atoms with van der Waals surface area (Å²) in [5, 5.41) is 8.42. The van der Waals surface area contributed by atoms with Crippen LogP contribution in [0.5, 0.6) is 5.75 Å². The van der Waals surface area contributed by atoms with Crippen LogP contribution in [0.2, 0.25) is 5.15 Å². The normalized spacial score (nSPS) is 10.7. The Morgan fingerprint density at radius 1 is 1.20 bits per heavy atom. The van der Waals surface area contributed by atoms with E-state index in [-0.39, 0.29) is 5.82 Å². The smallest absolute Gasteiger partial charge is 0.132 e. The van der Waals surface area contributed by atoms with Crippen molar-refractivity contribution in [1.82, 2.24) is 9.78 Å². The van der Waals surface area contributed by atoms with Crippen LogP contribution in [-0.2, 0) is 13.1 Å². The summed E-state index contributed by atoms with van der Waals surface area (Å²) >= 11 is 6.50. The van der Waals surface area contributed by atoms with Crippen LogP contribution in [-0.4, -0.2) is 16.9 Å². The second-order valence-corrected chi connectivity index (χ2v) is 6.08. The third-order valence-corrected chi connectivity index (χ3v) is 4.39. The van der Waals surface area contributed by atoms with Gasteiger partial charge in [-0.3, -0.25) is 0 Å². The Morgan fingerprint density at radius 2 is 1.96 bits per heavy atom. The van der Waals surface area contributed by atoms with Crippen LogP contribution in [0.3, 0.4) is 0 Å². The minimum atomic E-state index is -0.255. The quantitative estimate of drug-likeness (QED) is 0.696. The topological polar surface area (TPSA) is 39.1 Å². The Bertz CT molecular complexity index is 862. The molecule has 1 N–H and O–H groups in total. The summed E-state index contributed by atoms with van der Waals surface area (Å²) in [7, 11) is 1.64. The lowest BCUT2D eigenvalue weighted by Gasteiger charge is -2.08. The first-order valence-corrected chi connectivity index (χ1v) is 8.29. The fraction of sp³-hybridized carbons (Fsp3) is 0.211. The Balaban J connectivity index is 1.74. The Labute approximate surface area is 151 Å². The molecule has 25 heavy (non-hydrogen) atoms. The summed E-state index contributed by atoms with van der Waals surface area (Å²) in [6.45, 7) is 2.98. The van der Waals surface area contributed by atoms with Gasteiger partial charge in [0.1, 0.15) is 16.7 Å². The van der Waals surface area contributed by atoms with Gasteiger partial charge in [-0.25, -0.2) is 9.07 Å². The molecule has 4 nitrogen and oxygen atoms in total. The van der Waals surface area contributed by atoms with Crippen molar-refractivity contribution in [1.29, 1.82) is 0 Å². The molecule has 0 amide bonds. The highest BCUT2D eigenvalue weighted by molar-refractivity contribution is 6.30. The Kier molecular flexibility index (Phi) is 5.24. The van der Waals surface area contributed by atoms with Crippen LogP contribution in [0.4, 0.5) is 10.1 Å². The van der Waals surface area contributed by atoms with Crippen molar-refractivity contribution in [2.24, 2.45) is 0 Å². The van der Waals surface area contributed by atoms with Gasteiger partial charge in [0.2, 0.25) is 0 Å². The summed E-state index contributed by atoms with van der Waals surface area (Å²) in [6.07, 6.45) is 0. The van der Waals surface area contributed by atoms with Gasteiger partial charge in [-0.2, -0.15) is 5.10 Å². The number of hydrogen-bond donors (Lipinski definition) is 1. The van der Waals surface area contributed by atoms with E-state index in [4.69, 9.17) is 16.3 Å². The molecule has 0 saturated carbocycles. The molecule has 130 valence electrons. The van der Waals surface area contributed by atoms with Gasteiger partial charge >= 0.3 is 0 Å². The first-order chi connectivity index (χ1) is 12.1. The van der Waals surface area contributed by atoms with Gasteiger partial charge in [-0.15, -0.1) is 0 Å². The molecule has 3 rings (SSSR count). The van der Waals surface area contributed by atoms with Crippen LogP contribution in [0.15, 0.2) is 48.5 Å². The van der Waals surface area contributed by atoms with Crippen molar-refractivity contribution in [2.75, 3.05) is 12.4 Å². The largest absolute Gasteiger partial charge is 0.497 e. The second kappa shape index (κ2) is 7.57. The zero-order valence-corrected chi connectivity index (χ0v) is 14.8. The lowest BCUT2D eigenvalue weighted by molar-refractivity contribution is 0.415. The minimum absolute atomic E-state index is 0.255. The molecular weight excluding hydrogens is 341 g/mol. The third-order valence-electron chi connectivity index (χ3n) is 3.97. The van der Waals surface area contributed by atoms with Gasteiger partial charge in [0.15, 0.2) is 0 Å². The first kappa shape index (κ1) is 17.3. The zero-order valence-electron chi connectivity index (χ0n) is 14.1. The van der Waals surface area contributed by atoms with Crippen LogP contribution in [0.1, 0.15) is 16.8 Å². The van der Waals surface area contributed by atoms with E-state index in [1.54, 1.807) is 23.9 Å². The maximum absolute atomic E-state index is 13.0. The average Bonchev–Trinajstić information content (AvgIpc) is 2.88. The monoisotopic (exact) mass is 359 g/mol. The van der Waals surface area contributed by atoms with Gasteiger partial charge in [-0.1, -0.05) is 29.8 Å². The molecule has 0 aliphatic carbocycles. The number of halogens is 2. The number of hydrogen-bond acceptors (Lipinski definition) is 3. The molecule has 0 bridgehead atoms. The number of aromatic nitrogens is 2. The highest BCUT2D eigenvalue weighted by Gasteiger charge is 2.13. The van der Waals surface area contributed by atoms with Crippen molar-refractivity contribution < 1.29 is 9.13 Å². The van der Waals surface area contributed by atoms with E-state index >= 15 is 0 Å². The number of nitrogens with one attached hydrogen (secondary N) is 1. The lowest BCUT2D eigenvalue weighted by Crippen LogP contribution is -2.03. The predicted octanol–water partition coefficient (Wildman–Crippen LogP) is 4.65. The molecule has 0 aliphatic heterocycles. The molecule has 2 aromatic carbocycles. The first-order valence-electron chi connectivity index (χ1n) is 7.91. The van der Waals surface area contributed by atoms with Crippen molar-refractivity contribution >= 4 is 17.3 Å². The van der Waals surface area contributed by atoms with Crippen molar-refractivity contribution in [3.63, 3.8) is 0 Å². The van der Waals surface area contributed by atoms with Gasteiger partial charge < -0.3 is 10.1 Å². The maximum atomic E-state index is 13.0. The summed E-state index contributed by atoms with van der Waals surface area (Å²) in [5.74, 6) is 0.537. The second-order valence-electron chi connectivity index (χ2n) is 5.72. The molecule has 0 atom stereocenters. The number of ether oxygens (including phenoxy) is 1. The van der Waals surface area contributed by atoms with Gasteiger partial charge in [0, 0.05) is 23.9 Å². The summed E-state index contributed by atoms with van der Waals surface area (Å²) in [4.78, 5) is 0. The molecule has 6 heteroatoms. The molecule has 0 spiro atoms. The highest BCUT2D eigenvalue weighted by Crippen LogP contribution is 2.23. The van der Waals surface area contributed by atoms with Gasteiger partial charge in [-0.05, 0) is 36.8 Å². The van der Waals surface area contributed by atoms with Crippen molar-refractivity contribution in [2.45, 2.75) is 20.0 Å². The molecule has 0 fully saturated rings. The summed E-state index contributed by atoms with van der Waals surface area (Å²) in [6, 6.07) is 14.0. The summed E-state index contributed by atoms with van der Waals surface area (Å²) < 4.78 is 20.0. The standard InChI is InChI=1S/C19H19ClFN3O/c1-13-18(11-22-16-4-3-5-17(10-16)25-2)19(20)24(23-13)12-14-6-8-15(21)9-7-14/h3-10,22H,11-12H2,1-2H3. The van der Waals surface area contributed by atoms with E-state index in [1.807, 2.05) is 31.2 Å². The molecule has 1 heterocycles. The number of nitrogens with zero attached hydrogens (tertiary/aromatic N) is 2. The van der Waals surface area contributed by atoms with Gasteiger partial charge in [0.25, 0.3) is 0 Å². The van der Waals surface area contributed by atoms with E-state index in [0.29, 0.717) is 18.2 Å². The van der Waals surface area contributed by atoms with Crippen LogP contribution < -0.4 is 10.1 Å². The van der Waals surface area contributed by atoms with Crippen LogP contribution in [0, 0.1) is 12.7 Å². The van der Waals surface area contributed by atoms with Crippen molar-refractivity contribution in [3.05, 3.63) is 76.3 Å². The molecule has 1 aromatic heterocycles. The van der Waals surface area contributed by atoms with E-state index in [9.17, 15) is 4.39 Å². The average molecular weight is 360 g/mol. The highest BCUT2D eigenvalue weighted by atomic mass is 35.5. The molecule has 0 unspecified atom stereocenters. The molecule has 0 aliphatic rings. The fourth-order valence-electron chi connectivity index (χ4n) is 2.58. The Hall–Kier alpha value is -2.53. The molecular formula is C19H19ClFN3O. The van der Waals surface area contributed by atoms with Crippen molar-refractivity contribution in [3.8, 4) is 5.75 Å². The fourth-order valence-corrected chi connectivity index (χ4v) is 2.88. The number of anilines is 1. The molecule has 0 saturated heterocycles. The van der Waals surface area contributed by atoms with Crippen LogP contribution in [0.25, 0.3) is 0 Å². The number of aryl methyl sites for hydroxylation is 1. The summed E-state index contributed by atoms with van der Waals surface area (Å²) in [5.41, 5.74) is 3.69. The zero-order chi connectivity index (χ0) is 17.8. The molecule has 3 aromatic rings. The minimum Gasteiger partial charge on any atom is -0.497 e. The molecule has 0 radical (unpaired) electrons. The maximum Gasteiger partial charge on any atom is 0.132 e. The number of benzene rings is 2. The van der Waals surface area contributed by atoms with Crippen LogP contribution >= 0.6 is 11.6 Å². The number of rotatable bonds is 6.